The van der Waals surface area contributed by atoms with E-state index in [0.717, 1.165) is 24.8 Å². The van der Waals surface area contributed by atoms with E-state index in [1.165, 1.54) is 0 Å². The molecule has 0 aromatic carbocycles. The molecule has 1 heterocycles. The summed E-state index contributed by atoms with van der Waals surface area (Å²) in [5.74, 6) is 0. The highest BCUT2D eigenvalue weighted by Gasteiger charge is 2.54. The Morgan fingerprint density at radius 3 is 1.94 bits per heavy atom. The van der Waals surface area contributed by atoms with E-state index in [-0.39, 0.29) is 11.1 Å². The summed E-state index contributed by atoms with van der Waals surface area (Å²) in [4.78, 5) is 0. The summed E-state index contributed by atoms with van der Waals surface area (Å²) in [5.41, 5.74) is -0.332. The van der Waals surface area contributed by atoms with Gasteiger partial charge in [0, 0.05) is 0 Å². The van der Waals surface area contributed by atoms with Crippen LogP contribution in [0.15, 0.2) is 11.3 Å². The SMILES string of the molecule is CC1(C)CCCC1=C(F)B1OC(C)(C)C(C)(C)O1. The van der Waals surface area contributed by atoms with Crippen molar-refractivity contribution >= 4 is 7.12 Å². The van der Waals surface area contributed by atoms with E-state index in [0.29, 0.717) is 0 Å². The summed E-state index contributed by atoms with van der Waals surface area (Å²) >= 11 is 0. The van der Waals surface area contributed by atoms with Gasteiger partial charge in [0.25, 0.3) is 0 Å². The summed E-state index contributed by atoms with van der Waals surface area (Å²) in [7, 11) is -0.831. The Morgan fingerprint density at radius 2 is 1.56 bits per heavy atom. The summed E-state index contributed by atoms with van der Waals surface area (Å²) < 4.78 is 26.2. The van der Waals surface area contributed by atoms with Crippen LogP contribution in [-0.2, 0) is 9.31 Å². The van der Waals surface area contributed by atoms with Gasteiger partial charge in [-0.25, -0.2) is 4.39 Å². The molecule has 0 atom stereocenters. The highest BCUT2D eigenvalue weighted by Crippen LogP contribution is 2.47. The molecule has 4 heteroatoms. The van der Waals surface area contributed by atoms with Crippen molar-refractivity contribution in [2.24, 2.45) is 5.41 Å². The number of hydrogen-bond donors (Lipinski definition) is 0. The predicted octanol–water partition coefficient (Wildman–Crippen LogP) is 4.05. The van der Waals surface area contributed by atoms with E-state index >= 15 is 0 Å². The average Bonchev–Trinajstić information content (AvgIpc) is 2.63. The van der Waals surface area contributed by atoms with Crippen molar-refractivity contribution in [2.45, 2.75) is 72.0 Å². The molecule has 0 spiro atoms. The Kier molecular flexibility index (Phi) is 3.18. The molecule has 0 amide bonds. The van der Waals surface area contributed by atoms with E-state index in [1.807, 2.05) is 27.7 Å². The van der Waals surface area contributed by atoms with Crippen molar-refractivity contribution in [3.63, 3.8) is 0 Å². The first-order valence-electron chi connectivity index (χ1n) is 6.81. The van der Waals surface area contributed by atoms with Crippen molar-refractivity contribution in [2.75, 3.05) is 0 Å². The minimum Gasteiger partial charge on any atom is -0.398 e. The largest absolute Gasteiger partial charge is 0.525 e. The van der Waals surface area contributed by atoms with Crippen molar-refractivity contribution in [1.82, 2.24) is 0 Å². The molecule has 0 bridgehead atoms. The second-order valence-electron chi connectivity index (χ2n) is 7.15. The fraction of sp³-hybridized carbons (Fsp3) is 0.857. The maximum absolute atomic E-state index is 14.6. The van der Waals surface area contributed by atoms with Crippen LogP contribution in [-0.4, -0.2) is 18.3 Å². The summed E-state index contributed by atoms with van der Waals surface area (Å²) in [6.45, 7) is 12.0. The molecule has 0 N–H and O–H groups in total. The summed E-state index contributed by atoms with van der Waals surface area (Å²) in [6, 6.07) is 0. The van der Waals surface area contributed by atoms with Crippen molar-refractivity contribution in [3.8, 4) is 0 Å². The average molecular weight is 254 g/mol. The number of rotatable bonds is 1. The van der Waals surface area contributed by atoms with E-state index in [2.05, 4.69) is 13.8 Å². The summed E-state index contributed by atoms with van der Waals surface area (Å²) in [5, 5.41) is 0. The quantitative estimate of drug-likeness (QED) is 0.657. The van der Waals surface area contributed by atoms with Gasteiger partial charge in [-0.15, -0.1) is 0 Å². The van der Waals surface area contributed by atoms with Gasteiger partial charge < -0.3 is 9.31 Å². The molecule has 0 aromatic rings. The van der Waals surface area contributed by atoms with Crippen LogP contribution in [0.3, 0.4) is 0 Å². The number of halogens is 1. The first-order chi connectivity index (χ1) is 8.07. The van der Waals surface area contributed by atoms with Crippen LogP contribution >= 0.6 is 0 Å². The van der Waals surface area contributed by atoms with Crippen LogP contribution in [0.1, 0.15) is 60.8 Å². The highest BCUT2D eigenvalue weighted by atomic mass is 19.1. The third-order valence-corrected chi connectivity index (χ3v) is 4.79. The molecule has 1 aliphatic heterocycles. The van der Waals surface area contributed by atoms with E-state index in [9.17, 15) is 4.39 Å². The zero-order valence-corrected chi connectivity index (χ0v) is 12.4. The fourth-order valence-electron chi connectivity index (χ4n) is 2.73. The molecule has 1 saturated carbocycles. The lowest BCUT2D eigenvalue weighted by molar-refractivity contribution is 0.00578. The third-order valence-electron chi connectivity index (χ3n) is 4.79. The molecule has 1 aliphatic carbocycles. The molecule has 2 nitrogen and oxygen atoms in total. The van der Waals surface area contributed by atoms with Gasteiger partial charge >= 0.3 is 7.12 Å². The first kappa shape index (κ1) is 14.1. The second-order valence-corrected chi connectivity index (χ2v) is 7.15. The van der Waals surface area contributed by atoms with Gasteiger partial charge in [0.05, 0.1) is 11.2 Å². The van der Waals surface area contributed by atoms with E-state index in [4.69, 9.17) is 9.31 Å². The smallest absolute Gasteiger partial charge is 0.398 e. The minimum atomic E-state index is -0.831. The normalized spacial score (nSPS) is 31.8. The molecule has 102 valence electrons. The van der Waals surface area contributed by atoms with Crippen LogP contribution < -0.4 is 0 Å². The van der Waals surface area contributed by atoms with Crippen LogP contribution in [0.4, 0.5) is 4.39 Å². The maximum Gasteiger partial charge on any atom is 0.525 e. The van der Waals surface area contributed by atoms with Gasteiger partial charge in [0.2, 0.25) is 0 Å². The minimum absolute atomic E-state index is 0.0618. The molecule has 0 aromatic heterocycles. The molecule has 1 saturated heterocycles. The third kappa shape index (κ3) is 2.14. The first-order valence-corrected chi connectivity index (χ1v) is 6.81. The zero-order chi connectivity index (χ0) is 13.8. The molecule has 0 radical (unpaired) electrons. The Balaban J connectivity index is 2.27. The van der Waals surface area contributed by atoms with Crippen LogP contribution in [0.2, 0.25) is 0 Å². The standard InChI is InChI=1S/C14H24BFO2/c1-12(2)9-7-8-10(12)11(16)15-17-13(3,4)14(5,6)18-15/h7-9H2,1-6H3. The van der Waals surface area contributed by atoms with Gasteiger partial charge in [0.1, 0.15) is 5.73 Å². The number of hydrogen-bond acceptors (Lipinski definition) is 2. The molecular weight excluding hydrogens is 230 g/mol. The maximum atomic E-state index is 14.6. The predicted molar refractivity (Wildman–Crippen MR) is 71.8 cm³/mol. The molecular formula is C14H24BFO2. The van der Waals surface area contributed by atoms with Gasteiger partial charge in [-0.1, -0.05) is 13.8 Å². The highest BCUT2D eigenvalue weighted by molar-refractivity contribution is 6.53. The van der Waals surface area contributed by atoms with E-state index in [1.54, 1.807) is 0 Å². The molecule has 2 rings (SSSR count). The van der Waals surface area contributed by atoms with Crippen molar-refractivity contribution in [3.05, 3.63) is 11.3 Å². The van der Waals surface area contributed by atoms with Crippen LogP contribution in [0.5, 0.6) is 0 Å². The van der Waals surface area contributed by atoms with Gasteiger partial charge in [-0.3, -0.25) is 0 Å². The van der Waals surface area contributed by atoms with Gasteiger partial charge in [0.15, 0.2) is 0 Å². The fourth-order valence-corrected chi connectivity index (χ4v) is 2.73. The molecule has 2 fully saturated rings. The second kappa shape index (κ2) is 4.07. The monoisotopic (exact) mass is 254 g/mol. The number of allylic oxidation sites excluding steroid dienone is 1. The lowest BCUT2D eigenvalue weighted by Gasteiger charge is -2.32. The van der Waals surface area contributed by atoms with Crippen LogP contribution in [0.25, 0.3) is 0 Å². The zero-order valence-electron chi connectivity index (χ0n) is 12.4. The molecule has 18 heavy (non-hydrogen) atoms. The van der Waals surface area contributed by atoms with E-state index < -0.39 is 18.3 Å². The van der Waals surface area contributed by atoms with Gasteiger partial charge in [-0.2, -0.15) is 0 Å². The topological polar surface area (TPSA) is 18.5 Å². The Labute approximate surface area is 110 Å². The Hall–Kier alpha value is -0.345. The van der Waals surface area contributed by atoms with Gasteiger partial charge in [-0.05, 0) is 57.9 Å². The molecule has 0 unspecified atom stereocenters. The van der Waals surface area contributed by atoms with Crippen LogP contribution in [0, 0.1) is 5.41 Å². The van der Waals surface area contributed by atoms with Crippen molar-refractivity contribution in [1.29, 1.82) is 0 Å². The Morgan fingerprint density at radius 1 is 1.06 bits per heavy atom. The molecule has 2 aliphatic rings. The Bertz CT molecular complexity index is 369. The van der Waals surface area contributed by atoms with Crippen molar-refractivity contribution < 1.29 is 13.7 Å². The summed E-state index contributed by atoms with van der Waals surface area (Å²) in [6.07, 6.45) is 2.91. The lowest BCUT2D eigenvalue weighted by atomic mass is 9.77. The lowest BCUT2D eigenvalue weighted by Crippen LogP contribution is -2.41.